The number of pyridine rings is 2. The molecule has 60 heavy (non-hydrogen) atoms. The molecule has 3 rings (SSSR count). The number of esters is 4. The Kier molecular flexibility index (Phi) is 18.2. The molecule has 0 aromatic carbocycles. The van der Waals surface area contributed by atoms with Gasteiger partial charge in [0.2, 0.25) is 0 Å². The molecule has 0 fully saturated rings. The topological polar surface area (TPSA) is 144 Å². The first kappa shape index (κ1) is 49.5. The molecule has 4 bridgehead atoms. The van der Waals surface area contributed by atoms with E-state index in [0.717, 1.165) is 0 Å². The van der Waals surface area contributed by atoms with Crippen LogP contribution in [0.15, 0.2) is 36.4 Å². The van der Waals surface area contributed by atoms with Gasteiger partial charge in [0.25, 0.3) is 0 Å². The molecule has 1 aliphatic rings. The molecule has 3 heterocycles. The highest BCUT2D eigenvalue weighted by molar-refractivity contribution is 5.73. The van der Waals surface area contributed by atoms with E-state index in [0.29, 0.717) is 49.0 Å². The number of hydrogen-bond acceptors (Lipinski definition) is 14. The third-order valence-corrected chi connectivity index (χ3v) is 7.82. The zero-order chi connectivity index (χ0) is 44.7. The van der Waals surface area contributed by atoms with Gasteiger partial charge in [-0.15, -0.1) is 0 Å². The van der Waals surface area contributed by atoms with Crippen LogP contribution in [0.25, 0.3) is 0 Å². The summed E-state index contributed by atoms with van der Waals surface area (Å²) in [5.41, 5.74) is 0.0958. The van der Waals surface area contributed by atoms with Crippen LogP contribution < -0.4 is 0 Å². The fraction of sp³-hybridized carbons (Fsp3) is 0.609. The van der Waals surface area contributed by atoms with Crippen molar-refractivity contribution in [2.24, 2.45) is 0 Å². The van der Waals surface area contributed by atoms with Crippen LogP contribution in [-0.4, -0.2) is 128 Å². The Morgan fingerprint density at radius 2 is 0.633 bits per heavy atom. The maximum atomic E-state index is 13.0. The Balaban J connectivity index is 2.06. The normalized spacial score (nSPS) is 16.1. The highest BCUT2D eigenvalue weighted by atomic mass is 16.6. The number of carbonyl (C=O) groups excluding carboxylic acids is 4. The van der Waals surface area contributed by atoms with Gasteiger partial charge in [-0.3, -0.25) is 48.7 Å². The molecular weight excluding hydrogens is 765 g/mol. The van der Waals surface area contributed by atoms with Crippen molar-refractivity contribution in [2.75, 3.05) is 52.4 Å². The van der Waals surface area contributed by atoms with Gasteiger partial charge >= 0.3 is 23.9 Å². The Bertz CT molecular complexity index is 1640. The lowest BCUT2D eigenvalue weighted by Crippen LogP contribution is -2.36. The van der Waals surface area contributed by atoms with E-state index in [1.807, 2.05) is 139 Å². The van der Waals surface area contributed by atoms with E-state index in [1.165, 1.54) is 0 Å². The molecule has 0 N–H and O–H groups in total. The summed E-state index contributed by atoms with van der Waals surface area (Å²) in [5.74, 6) is 11.2. The van der Waals surface area contributed by atoms with Crippen LogP contribution in [0.1, 0.15) is 106 Å². The smallest absolute Gasteiger partial charge is 0.320 e. The van der Waals surface area contributed by atoms with Crippen molar-refractivity contribution in [3.05, 3.63) is 59.2 Å². The van der Waals surface area contributed by atoms with Crippen LogP contribution in [0.4, 0.5) is 0 Å². The maximum absolute atomic E-state index is 13.0. The molecule has 328 valence electrons. The minimum absolute atomic E-state index is 0.0263. The first-order chi connectivity index (χ1) is 27.8. The molecule has 0 spiro atoms. The predicted molar refractivity (Wildman–Crippen MR) is 229 cm³/mol. The number of fused-ring (bicyclic) bond motifs is 4. The summed E-state index contributed by atoms with van der Waals surface area (Å²) in [7, 11) is 0. The highest BCUT2D eigenvalue weighted by Crippen LogP contribution is 2.14. The van der Waals surface area contributed by atoms with E-state index in [4.69, 9.17) is 28.9 Å². The molecule has 0 saturated carbocycles. The number of nitrogens with zero attached hydrogens (tertiary/aromatic N) is 6. The zero-order valence-corrected chi connectivity index (χ0v) is 37.9. The van der Waals surface area contributed by atoms with E-state index in [-0.39, 0.29) is 52.4 Å². The molecule has 0 unspecified atom stereocenters. The van der Waals surface area contributed by atoms with Crippen molar-refractivity contribution < 1.29 is 38.1 Å². The minimum Gasteiger partial charge on any atom is -0.459 e. The van der Waals surface area contributed by atoms with Gasteiger partial charge in [-0.1, -0.05) is 35.8 Å². The standard InChI is InChI=1S/C46H66N6O8/c1-43(2,3)57-39(53)31-49-23-13-14-24-50(32-40(54)58-44(4,5)6)29-37-21-18-22-38(48-37)30-52(34-42(56)60-46(10,11)12)26-16-15-25-51(33-41(55)59-45(7,8)9)28-36-20-17-19-35(27-49)47-36/h17-22H,23-34H2,1-12H3. The summed E-state index contributed by atoms with van der Waals surface area (Å²) < 4.78 is 22.6. The number of hydrogen-bond donors (Lipinski definition) is 0. The number of rotatable bonds is 8. The third kappa shape index (κ3) is 21.9. The number of carbonyl (C=O) groups is 4. The number of aromatic nitrogens is 2. The first-order valence-corrected chi connectivity index (χ1v) is 20.4. The summed E-state index contributed by atoms with van der Waals surface area (Å²) in [6.07, 6.45) is 0. The van der Waals surface area contributed by atoms with Crippen molar-refractivity contribution >= 4 is 23.9 Å². The first-order valence-electron chi connectivity index (χ1n) is 20.4. The van der Waals surface area contributed by atoms with E-state index < -0.39 is 46.3 Å². The van der Waals surface area contributed by atoms with Gasteiger partial charge in [-0.2, -0.15) is 0 Å². The lowest BCUT2D eigenvalue weighted by atomic mass is 10.2. The average Bonchev–Trinajstić information content (AvgIpc) is 3.05. The van der Waals surface area contributed by atoms with Crippen molar-refractivity contribution in [1.29, 1.82) is 0 Å². The zero-order valence-electron chi connectivity index (χ0n) is 37.9. The quantitative estimate of drug-likeness (QED) is 0.205. The monoisotopic (exact) mass is 830 g/mol. The summed E-state index contributed by atoms with van der Waals surface area (Å²) in [6.45, 7) is 23.8. The maximum Gasteiger partial charge on any atom is 0.320 e. The van der Waals surface area contributed by atoms with Gasteiger partial charge in [0.15, 0.2) is 0 Å². The Morgan fingerprint density at radius 3 is 0.817 bits per heavy atom. The lowest BCUT2D eigenvalue weighted by molar-refractivity contribution is -0.157. The van der Waals surface area contributed by atoms with Crippen molar-refractivity contribution in [1.82, 2.24) is 29.6 Å². The largest absolute Gasteiger partial charge is 0.459 e. The molecule has 14 nitrogen and oxygen atoms in total. The molecule has 2 aromatic heterocycles. The second-order valence-corrected chi connectivity index (χ2v) is 18.9. The molecular formula is C46H66N6O8. The summed E-state index contributed by atoms with van der Waals surface area (Å²) in [6, 6.07) is 11.3. The average molecular weight is 831 g/mol. The molecule has 0 saturated heterocycles. The van der Waals surface area contributed by atoms with Gasteiger partial charge in [0.1, 0.15) is 22.4 Å². The molecule has 1 aliphatic heterocycles. The van der Waals surface area contributed by atoms with E-state index in [1.54, 1.807) is 0 Å². The molecule has 0 aliphatic carbocycles. The van der Waals surface area contributed by atoms with Gasteiger partial charge < -0.3 is 18.9 Å². The molecule has 2 aromatic rings. The molecule has 0 radical (unpaired) electrons. The Labute approximate surface area is 357 Å². The SMILES string of the molecule is CC(C)(C)OC(=O)CN1CC#CCN(CC(=O)OC(C)(C)C)Cc2cccc(n2)CN(CC(=O)OC(C)(C)C)CC#CCN(CC(=O)OC(C)(C)C)Cc2cccc(n2)C1. The Hall–Kier alpha value is -4.86. The Morgan fingerprint density at radius 1 is 0.433 bits per heavy atom. The fourth-order valence-electron chi connectivity index (χ4n) is 5.89. The van der Waals surface area contributed by atoms with Crippen LogP contribution in [0.5, 0.6) is 0 Å². The summed E-state index contributed by atoms with van der Waals surface area (Å²) in [4.78, 5) is 69.4. The number of ether oxygens (including phenoxy) is 4. The molecule has 0 atom stereocenters. The third-order valence-electron chi connectivity index (χ3n) is 7.82. The van der Waals surface area contributed by atoms with Crippen LogP contribution >= 0.6 is 0 Å². The fourth-order valence-corrected chi connectivity index (χ4v) is 5.89. The van der Waals surface area contributed by atoms with E-state index >= 15 is 0 Å². The van der Waals surface area contributed by atoms with E-state index in [9.17, 15) is 19.2 Å². The van der Waals surface area contributed by atoms with Crippen molar-refractivity contribution in [2.45, 2.75) is 132 Å². The second-order valence-electron chi connectivity index (χ2n) is 18.9. The second kappa shape index (κ2) is 22.1. The van der Waals surface area contributed by atoms with Gasteiger partial charge in [-0.25, -0.2) is 0 Å². The summed E-state index contributed by atoms with van der Waals surface area (Å²) >= 11 is 0. The van der Waals surface area contributed by atoms with Crippen LogP contribution in [0, 0.1) is 23.7 Å². The summed E-state index contributed by atoms with van der Waals surface area (Å²) in [5, 5.41) is 0. The van der Waals surface area contributed by atoms with Gasteiger partial charge in [-0.05, 0) is 107 Å². The molecule has 0 amide bonds. The van der Waals surface area contributed by atoms with Gasteiger partial charge in [0.05, 0.1) is 75.1 Å². The van der Waals surface area contributed by atoms with Crippen molar-refractivity contribution in [3.63, 3.8) is 0 Å². The van der Waals surface area contributed by atoms with Crippen LogP contribution in [-0.2, 0) is 64.3 Å². The predicted octanol–water partition coefficient (Wildman–Crippen LogP) is 4.77. The van der Waals surface area contributed by atoms with Gasteiger partial charge in [0, 0.05) is 26.2 Å². The minimum atomic E-state index is -0.669. The van der Waals surface area contributed by atoms with Crippen LogP contribution in [0.2, 0.25) is 0 Å². The lowest BCUT2D eigenvalue weighted by Gasteiger charge is -2.25. The van der Waals surface area contributed by atoms with Crippen molar-refractivity contribution in [3.8, 4) is 23.7 Å². The highest BCUT2D eigenvalue weighted by Gasteiger charge is 2.24. The van der Waals surface area contributed by atoms with Crippen LogP contribution in [0.3, 0.4) is 0 Å². The molecule has 14 heteroatoms. The van der Waals surface area contributed by atoms with E-state index in [2.05, 4.69) is 23.7 Å².